The van der Waals surface area contributed by atoms with E-state index >= 15 is 0 Å². The van der Waals surface area contributed by atoms with Gasteiger partial charge in [0, 0.05) is 25.2 Å². The molecule has 2 saturated carbocycles. The van der Waals surface area contributed by atoms with Gasteiger partial charge in [-0.3, -0.25) is 4.79 Å². The van der Waals surface area contributed by atoms with Crippen LogP contribution in [0.4, 0.5) is 0 Å². The summed E-state index contributed by atoms with van der Waals surface area (Å²) >= 11 is 0. The molecule has 2 aliphatic carbocycles. The van der Waals surface area contributed by atoms with Crippen molar-refractivity contribution in [2.75, 3.05) is 13.1 Å². The van der Waals surface area contributed by atoms with Gasteiger partial charge in [0.1, 0.15) is 0 Å². The number of hydrogen-bond donors (Lipinski definition) is 2. The van der Waals surface area contributed by atoms with Crippen LogP contribution in [-0.4, -0.2) is 46.7 Å². The Balaban J connectivity index is 1.38. The highest BCUT2D eigenvalue weighted by Crippen LogP contribution is 2.32. The van der Waals surface area contributed by atoms with E-state index in [2.05, 4.69) is 10.2 Å². The van der Waals surface area contributed by atoms with Gasteiger partial charge in [-0.2, -0.15) is 0 Å². The lowest BCUT2D eigenvalue weighted by atomic mass is 9.92. The number of rotatable bonds is 4. The van der Waals surface area contributed by atoms with Crippen molar-refractivity contribution < 1.29 is 9.90 Å². The molecule has 0 radical (unpaired) electrons. The minimum absolute atomic E-state index is 0.0560. The Morgan fingerprint density at radius 3 is 2.27 bits per heavy atom. The number of piperidine rings is 1. The lowest BCUT2D eigenvalue weighted by Crippen LogP contribution is -2.49. The highest BCUT2D eigenvalue weighted by Gasteiger charge is 2.34. The van der Waals surface area contributed by atoms with E-state index in [0.717, 1.165) is 57.7 Å². The van der Waals surface area contributed by atoms with Gasteiger partial charge in [-0.25, -0.2) is 0 Å². The third kappa shape index (κ3) is 4.23. The van der Waals surface area contributed by atoms with Crippen LogP contribution in [0.3, 0.4) is 0 Å². The Bertz CT molecular complexity index is 365. The molecule has 0 spiro atoms. The van der Waals surface area contributed by atoms with Crippen LogP contribution in [0.2, 0.25) is 0 Å². The van der Waals surface area contributed by atoms with Gasteiger partial charge in [-0.15, -0.1) is 0 Å². The average Bonchev–Trinajstić information content (AvgIpc) is 2.95. The van der Waals surface area contributed by atoms with Crippen molar-refractivity contribution in [3.8, 4) is 0 Å². The molecule has 0 unspecified atom stereocenters. The molecule has 0 bridgehead atoms. The van der Waals surface area contributed by atoms with Crippen molar-refractivity contribution in [1.29, 1.82) is 0 Å². The van der Waals surface area contributed by atoms with Crippen LogP contribution in [0.15, 0.2) is 0 Å². The van der Waals surface area contributed by atoms with Crippen molar-refractivity contribution >= 4 is 5.91 Å². The second-order valence-corrected chi connectivity index (χ2v) is 7.78. The fraction of sp³-hybridized carbons (Fsp3) is 0.944. The predicted octanol–water partition coefficient (Wildman–Crippen LogP) is 2.59. The van der Waals surface area contributed by atoms with Gasteiger partial charge < -0.3 is 15.3 Å². The van der Waals surface area contributed by atoms with E-state index in [4.69, 9.17) is 0 Å². The minimum Gasteiger partial charge on any atom is -0.389 e. The maximum atomic E-state index is 12.2. The number of hydrogen-bond acceptors (Lipinski definition) is 3. The molecule has 1 heterocycles. The van der Waals surface area contributed by atoms with Crippen LogP contribution >= 0.6 is 0 Å². The third-order valence-electron chi connectivity index (χ3n) is 6.01. The first-order chi connectivity index (χ1) is 10.6. The maximum Gasteiger partial charge on any atom is 0.223 e. The van der Waals surface area contributed by atoms with Gasteiger partial charge in [0.05, 0.1) is 12.0 Å². The number of amides is 1. The SMILES string of the molecule is O=C(CC1(O)CCCC1)NC1CCN(C2CCCCC2)CC1. The molecule has 3 rings (SSSR count). The molecule has 22 heavy (non-hydrogen) atoms. The molecule has 126 valence electrons. The highest BCUT2D eigenvalue weighted by atomic mass is 16.3. The molecule has 0 aromatic heterocycles. The molecule has 3 fully saturated rings. The third-order valence-corrected chi connectivity index (χ3v) is 6.01. The molecule has 2 N–H and O–H groups in total. The lowest BCUT2D eigenvalue weighted by molar-refractivity contribution is -0.127. The average molecular weight is 308 g/mol. The Morgan fingerprint density at radius 1 is 1.00 bits per heavy atom. The van der Waals surface area contributed by atoms with E-state index in [1.807, 2.05) is 0 Å². The van der Waals surface area contributed by atoms with Crippen molar-refractivity contribution in [2.45, 2.75) is 94.7 Å². The van der Waals surface area contributed by atoms with Crippen molar-refractivity contribution in [3.63, 3.8) is 0 Å². The lowest BCUT2D eigenvalue weighted by Gasteiger charge is -2.39. The topological polar surface area (TPSA) is 52.6 Å². The first kappa shape index (κ1) is 16.3. The summed E-state index contributed by atoms with van der Waals surface area (Å²) in [6.45, 7) is 2.25. The molecule has 4 nitrogen and oxygen atoms in total. The number of likely N-dealkylation sites (tertiary alicyclic amines) is 1. The summed E-state index contributed by atoms with van der Waals surface area (Å²) in [5.74, 6) is 0.0560. The van der Waals surface area contributed by atoms with E-state index in [1.54, 1.807) is 0 Å². The van der Waals surface area contributed by atoms with Crippen molar-refractivity contribution in [3.05, 3.63) is 0 Å². The quantitative estimate of drug-likeness (QED) is 0.839. The van der Waals surface area contributed by atoms with Gasteiger partial charge in [0.15, 0.2) is 0 Å². The van der Waals surface area contributed by atoms with Crippen LogP contribution in [0.25, 0.3) is 0 Å². The molecule has 0 aromatic rings. The summed E-state index contributed by atoms with van der Waals surface area (Å²) in [6, 6.07) is 1.11. The Labute approximate surface area is 134 Å². The van der Waals surface area contributed by atoms with Crippen LogP contribution in [-0.2, 0) is 4.79 Å². The largest absolute Gasteiger partial charge is 0.389 e. The van der Waals surface area contributed by atoms with Gasteiger partial charge in [0.25, 0.3) is 0 Å². The molecule has 1 amide bonds. The summed E-state index contributed by atoms with van der Waals surface area (Å²) in [7, 11) is 0. The van der Waals surface area contributed by atoms with Gasteiger partial charge in [-0.1, -0.05) is 32.1 Å². The number of nitrogens with one attached hydrogen (secondary N) is 1. The standard InChI is InChI=1S/C18H32N2O2/c21-17(14-18(22)10-4-5-11-18)19-15-8-12-20(13-9-15)16-6-2-1-3-7-16/h15-16,22H,1-14H2,(H,19,21). The monoisotopic (exact) mass is 308 g/mol. The predicted molar refractivity (Wildman–Crippen MR) is 87.6 cm³/mol. The maximum absolute atomic E-state index is 12.2. The molecule has 1 aliphatic heterocycles. The van der Waals surface area contributed by atoms with Crippen molar-refractivity contribution in [2.24, 2.45) is 0 Å². The summed E-state index contributed by atoms with van der Waals surface area (Å²) < 4.78 is 0. The van der Waals surface area contributed by atoms with Gasteiger partial charge in [-0.05, 0) is 38.5 Å². The molecule has 1 saturated heterocycles. The molecular formula is C18H32N2O2. The van der Waals surface area contributed by atoms with Gasteiger partial charge in [0.2, 0.25) is 5.91 Å². The first-order valence-corrected chi connectivity index (χ1v) is 9.40. The zero-order chi connectivity index (χ0) is 15.4. The number of nitrogens with zero attached hydrogens (tertiary/aromatic N) is 1. The zero-order valence-corrected chi connectivity index (χ0v) is 13.9. The van der Waals surface area contributed by atoms with E-state index in [0.29, 0.717) is 12.5 Å². The van der Waals surface area contributed by atoms with Crippen LogP contribution in [0, 0.1) is 0 Å². The fourth-order valence-corrected chi connectivity index (χ4v) is 4.64. The number of carbonyl (C=O) groups excluding carboxylic acids is 1. The molecule has 4 heteroatoms. The second-order valence-electron chi connectivity index (χ2n) is 7.78. The normalized spacial score (nSPS) is 27.9. The summed E-state index contributed by atoms with van der Waals surface area (Å²) in [4.78, 5) is 14.8. The van der Waals surface area contributed by atoms with Gasteiger partial charge >= 0.3 is 0 Å². The molecular weight excluding hydrogens is 276 g/mol. The fourth-order valence-electron chi connectivity index (χ4n) is 4.64. The van der Waals surface area contributed by atoms with E-state index in [9.17, 15) is 9.90 Å². The van der Waals surface area contributed by atoms with Crippen LogP contribution < -0.4 is 5.32 Å². The zero-order valence-electron chi connectivity index (χ0n) is 13.9. The second kappa shape index (κ2) is 7.31. The molecule has 0 aromatic carbocycles. The summed E-state index contributed by atoms with van der Waals surface area (Å²) in [5.41, 5.74) is -0.715. The van der Waals surface area contributed by atoms with Crippen LogP contribution in [0.5, 0.6) is 0 Å². The van der Waals surface area contributed by atoms with E-state index < -0.39 is 5.60 Å². The Morgan fingerprint density at radius 2 is 1.64 bits per heavy atom. The van der Waals surface area contributed by atoms with E-state index in [-0.39, 0.29) is 5.91 Å². The Hall–Kier alpha value is -0.610. The minimum atomic E-state index is -0.715. The number of aliphatic hydroxyl groups is 1. The summed E-state index contributed by atoms with van der Waals surface area (Å²) in [6.07, 6.45) is 13.1. The van der Waals surface area contributed by atoms with E-state index in [1.165, 1.54) is 32.1 Å². The number of carbonyl (C=O) groups is 1. The molecule has 0 atom stereocenters. The first-order valence-electron chi connectivity index (χ1n) is 9.40. The Kier molecular flexibility index (Phi) is 5.40. The smallest absolute Gasteiger partial charge is 0.223 e. The van der Waals surface area contributed by atoms with Crippen molar-refractivity contribution in [1.82, 2.24) is 10.2 Å². The van der Waals surface area contributed by atoms with Crippen LogP contribution in [0.1, 0.15) is 77.0 Å². The molecule has 3 aliphatic rings. The highest BCUT2D eigenvalue weighted by molar-refractivity contribution is 5.77. The summed E-state index contributed by atoms with van der Waals surface area (Å²) in [5, 5.41) is 13.5.